The largest absolute Gasteiger partial charge is 0.283 e. The highest BCUT2D eigenvalue weighted by Gasteiger charge is 1.84. The molecule has 0 amide bonds. The molecule has 1 aliphatic rings. The molecule has 0 bridgehead atoms. The first-order valence-electron chi connectivity index (χ1n) is 1.88. The van der Waals surface area contributed by atoms with E-state index in [9.17, 15) is 0 Å². The van der Waals surface area contributed by atoms with E-state index in [1.54, 1.807) is 12.4 Å². The van der Waals surface area contributed by atoms with Crippen molar-refractivity contribution in [3.63, 3.8) is 0 Å². The third-order valence-electron chi connectivity index (χ3n) is 0.587. The average Bonchev–Trinajstić information content (AvgIpc) is 1.69. The van der Waals surface area contributed by atoms with E-state index >= 15 is 0 Å². The molecule has 0 fully saturated rings. The van der Waals surface area contributed by atoms with E-state index in [1.807, 2.05) is 0 Å². The molecule has 0 saturated heterocycles. The molecule has 4 heteroatoms. The number of hydrazine groups is 1. The number of hydrogen-bond donors (Lipinski definition) is 2. The number of rotatable bonds is 0. The highest BCUT2D eigenvalue weighted by atomic mass is 15.5. The summed E-state index contributed by atoms with van der Waals surface area (Å²) in [5.41, 5.74) is 2.58. The normalized spacial score (nSPS) is 17.0. The lowest BCUT2D eigenvalue weighted by molar-refractivity contribution is 0.588. The van der Waals surface area contributed by atoms with Crippen LogP contribution in [0.15, 0.2) is 17.5 Å². The summed E-state index contributed by atoms with van der Waals surface area (Å²) < 4.78 is 0. The van der Waals surface area contributed by atoms with Crippen LogP contribution in [0.3, 0.4) is 0 Å². The molecule has 0 unspecified atom stereocenters. The first-order valence-corrected chi connectivity index (χ1v) is 1.88. The van der Waals surface area contributed by atoms with Crippen LogP contribution >= 0.6 is 0 Å². The predicted molar refractivity (Wildman–Crippen MR) is 26.8 cm³/mol. The van der Waals surface area contributed by atoms with Gasteiger partial charge in [-0.3, -0.25) is 10.4 Å². The summed E-state index contributed by atoms with van der Waals surface area (Å²) in [6.07, 6.45) is 4.77. The van der Waals surface area contributed by atoms with Gasteiger partial charge in [-0.1, -0.05) is 0 Å². The van der Waals surface area contributed by atoms with Crippen LogP contribution in [-0.4, -0.2) is 11.3 Å². The van der Waals surface area contributed by atoms with E-state index in [4.69, 9.17) is 5.84 Å². The third kappa shape index (κ3) is 0.902. The summed E-state index contributed by atoms with van der Waals surface area (Å²) in [7, 11) is 0. The van der Waals surface area contributed by atoms with Crippen molar-refractivity contribution in [3.05, 3.63) is 12.4 Å². The molecule has 3 N–H and O–H groups in total. The van der Waals surface area contributed by atoms with Crippen LogP contribution in [0, 0.1) is 0 Å². The Bertz CT molecular complexity index is 93.5. The fourth-order valence-corrected chi connectivity index (χ4v) is 0.301. The standard InChI is InChI=1S/C3H6N4/c4-7-2-1-5-6-3-7/h1-3,5H,4H2. The minimum Gasteiger partial charge on any atom is -0.283 e. The van der Waals surface area contributed by atoms with E-state index in [0.29, 0.717) is 0 Å². The molecule has 0 aromatic rings. The van der Waals surface area contributed by atoms with Crippen LogP contribution in [0.1, 0.15) is 0 Å². The average molecular weight is 98.1 g/mol. The Balaban J connectivity index is 2.49. The quantitative estimate of drug-likeness (QED) is 0.389. The van der Waals surface area contributed by atoms with Crippen molar-refractivity contribution in [1.82, 2.24) is 10.4 Å². The Kier molecular flexibility index (Phi) is 0.953. The smallest absolute Gasteiger partial charge is 0.129 e. The molecule has 0 aromatic carbocycles. The SMILES string of the molecule is NN1C=CNN=C1. The van der Waals surface area contributed by atoms with Gasteiger partial charge in [-0.25, -0.2) is 5.84 Å². The van der Waals surface area contributed by atoms with Crippen LogP contribution in [-0.2, 0) is 0 Å². The fraction of sp³-hybridized carbons (Fsp3) is 0. The molecule has 1 heterocycles. The monoisotopic (exact) mass is 98.1 g/mol. The molecule has 0 aliphatic carbocycles. The summed E-state index contributed by atoms with van der Waals surface area (Å²) >= 11 is 0. The van der Waals surface area contributed by atoms with Crippen LogP contribution in [0.4, 0.5) is 0 Å². The summed E-state index contributed by atoms with van der Waals surface area (Å²) in [6, 6.07) is 0. The van der Waals surface area contributed by atoms with Gasteiger partial charge in [0.2, 0.25) is 0 Å². The first kappa shape index (κ1) is 4.14. The molecule has 0 spiro atoms. The number of hydrogen-bond acceptors (Lipinski definition) is 4. The van der Waals surface area contributed by atoms with Gasteiger partial charge in [0.15, 0.2) is 0 Å². The van der Waals surface area contributed by atoms with E-state index in [1.165, 1.54) is 11.3 Å². The molecule has 1 aliphatic heterocycles. The maximum absolute atomic E-state index is 5.19. The molecule has 7 heavy (non-hydrogen) atoms. The molecule has 0 aromatic heterocycles. The van der Waals surface area contributed by atoms with Crippen LogP contribution in [0.5, 0.6) is 0 Å². The lowest BCUT2D eigenvalue weighted by Gasteiger charge is -2.07. The van der Waals surface area contributed by atoms with Crippen molar-refractivity contribution in [1.29, 1.82) is 0 Å². The van der Waals surface area contributed by atoms with E-state index in [-0.39, 0.29) is 0 Å². The van der Waals surface area contributed by atoms with Crippen molar-refractivity contribution in [2.75, 3.05) is 0 Å². The minimum absolute atomic E-state index is 1.36. The highest BCUT2D eigenvalue weighted by Crippen LogP contribution is 1.77. The van der Waals surface area contributed by atoms with Gasteiger partial charge < -0.3 is 0 Å². The second-order valence-corrected chi connectivity index (χ2v) is 1.14. The summed E-state index contributed by atoms with van der Waals surface area (Å²) in [5.74, 6) is 5.19. The van der Waals surface area contributed by atoms with Crippen molar-refractivity contribution in [3.8, 4) is 0 Å². The zero-order chi connectivity index (χ0) is 5.11. The van der Waals surface area contributed by atoms with E-state index in [2.05, 4.69) is 10.5 Å². The Hall–Kier alpha value is -1.03. The van der Waals surface area contributed by atoms with Gasteiger partial charge in [-0.2, -0.15) is 5.10 Å². The Morgan fingerprint density at radius 2 is 2.57 bits per heavy atom. The van der Waals surface area contributed by atoms with Crippen LogP contribution < -0.4 is 11.3 Å². The molecule has 38 valence electrons. The van der Waals surface area contributed by atoms with E-state index in [0.717, 1.165) is 0 Å². The zero-order valence-corrected chi connectivity index (χ0v) is 3.70. The topological polar surface area (TPSA) is 53.6 Å². The summed E-state index contributed by atoms with van der Waals surface area (Å²) in [5, 5.41) is 4.95. The summed E-state index contributed by atoms with van der Waals surface area (Å²) in [4.78, 5) is 0. The highest BCUT2D eigenvalue weighted by molar-refractivity contribution is 5.55. The number of nitrogens with two attached hydrogens (primary N) is 1. The van der Waals surface area contributed by atoms with Gasteiger partial charge in [0, 0.05) is 12.4 Å². The maximum atomic E-state index is 5.19. The first-order chi connectivity index (χ1) is 3.39. The van der Waals surface area contributed by atoms with Gasteiger partial charge in [0.1, 0.15) is 6.34 Å². The van der Waals surface area contributed by atoms with Crippen molar-refractivity contribution in [2.45, 2.75) is 0 Å². The summed E-state index contributed by atoms with van der Waals surface area (Å²) in [6.45, 7) is 0. The second-order valence-electron chi connectivity index (χ2n) is 1.14. The molecular formula is C3H6N4. The van der Waals surface area contributed by atoms with Gasteiger partial charge in [-0.15, -0.1) is 0 Å². The predicted octanol–water partition coefficient (Wildman–Crippen LogP) is -0.820. The number of nitrogens with one attached hydrogen (secondary N) is 1. The lowest BCUT2D eigenvalue weighted by Crippen LogP contribution is -2.26. The maximum Gasteiger partial charge on any atom is 0.129 e. The fourth-order valence-electron chi connectivity index (χ4n) is 0.301. The minimum atomic E-state index is 1.36. The molecular weight excluding hydrogens is 92.1 g/mol. The molecule has 4 nitrogen and oxygen atoms in total. The Labute approximate surface area is 41.3 Å². The lowest BCUT2D eigenvalue weighted by atomic mass is 10.8. The van der Waals surface area contributed by atoms with Crippen molar-refractivity contribution < 1.29 is 0 Å². The Morgan fingerprint density at radius 1 is 1.71 bits per heavy atom. The molecule has 0 radical (unpaired) electrons. The number of nitrogens with zero attached hydrogens (tertiary/aromatic N) is 2. The van der Waals surface area contributed by atoms with Crippen molar-refractivity contribution >= 4 is 6.34 Å². The zero-order valence-electron chi connectivity index (χ0n) is 3.70. The van der Waals surface area contributed by atoms with Crippen LogP contribution in [0.25, 0.3) is 0 Å². The van der Waals surface area contributed by atoms with Gasteiger partial charge >= 0.3 is 0 Å². The van der Waals surface area contributed by atoms with Crippen molar-refractivity contribution in [2.24, 2.45) is 10.9 Å². The van der Waals surface area contributed by atoms with Gasteiger partial charge in [0.25, 0.3) is 0 Å². The molecule has 0 atom stereocenters. The number of hydrazone groups is 1. The molecule has 1 rings (SSSR count). The van der Waals surface area contributed by atoms with E-state index < -0.39 is 0 Å². The molecule has 0 saturated carbocycles. The van der Waals surface area contributed by atoms with Gasteiger partial charge in [0.05, 0.1) is 0 Å². The van der Waals surface area contributed by atoms with Gasteiger partial charge in [-0.05, 0) is 0 Å². The second kappa shape index (κ2) is 1.61. The Morgan fingerprint density at radius 3 is 2.86 bits per heavy atom. The van der Waals surface area contributed by atoms with Crippen LogP contribution in [0.2, 0.25) is 0 Å². The third-order valence-corrected chi connectivity index (χ3v) is 0.587.